The van der Waals surface area contributed by atoms with Crippen molar-refractivity contribution in [1.29, 1.82) is 0 Å². The normalized spacial score (nSPS) is 12.2. The van der Waals surface area contributed by atoms with E-state index in [9.17, 15) is 14.5 Å². The first-order valence-electron chi connectivity index (χ1n) is 6.20. The summed E-state index contributed by atoms with van der Waals surface area (Å²) in [5.41, 5.74) is 0.535. The first-order chi connectivity index (χ1) is 10.1. The van der Waals surface area contributed by atoms with Crippen LogP contribution in [-0.2, 0) is 6.54 Å². The number of fused-ring (bicyclic) bond motifs is 1. The number of ether oxygens (including phenoxy) is 2. The zero-order valence-corrected chi connectivity index (χ0v) is 10.8. The van der Waals surface area contributed by atoms with E-state index in [4.69, 9.17) is 9.47 Å². The van der Waals surface area contributed by atoms with Crippen molar-refractivity contribution < 1.29 is 18.8 Å². The standard InChI is InChI=1S/C14H11FN2O4/c15-10-4-2-1-3-9(10)7-16-11-5-13-14(21-8-20-13)6-12(11)17(18)19/h1-6,16H,7-8H2. The second-order valence-corrected chi connectivity index (χ2v) is 4.42. The SMILES string of the molecule is O=[N+]([O-])c1cc2c(cc1NCc1ccccc1F)OCO2. The Bertz CT molecular complexity index is 705. The average molecular weight is 290 g/mol. The Hall–Kier alpha value is -2.83. The molecule has 3 rings (SSSR count). The minimum atomic E-state index is -0.522. The quantitative estimate of drug-likeness (QED) is 0.692. The summed E-state index contributed by atoms with van der Waals surface area (Å²) in [4.78, 5) is 10.6. The molecule has 0 bridgehead atoms. The zero-order chi connectivity index (χ0) is 14.8. The van der Waals surface area contributed by atoms with Gasteiger partial charge in [0.05, 0.1) is 11.0 Å². The van der Waals surface area contributed by atoms with Crippen LogP contribution in [-0.4, -0.2) is 11.7 Å². The molecule has 0 aliphatic carbocycles. The number of halogens is 1. The van der Waals surface area contributed by atoms with E-state index in [0.29, 0.717) is 17.1 Å². The third-order valence-electron chi connectivity index (χ3n) is 3.11. The number of nitro groups is 1. The Kier molecular flexibility index (Phi) is 3.31. The Morgan fingerprint density at radius 3 is 2.67 bits per heavy atom. The maximum Gasteiger partial charge on any atom is 0.296 e. The molecule has 0 atom stereocenters. The van der Waals surface area contributed by atoms with Crippen LogP contribution in [0.3, 0.4) is 0 Å². The smallest absolute Gasteiger partial charge is 0.296 e. The summed E-state index contributed by atoms with van der Waals surface area (Å²) in [6.07, 6.45) is 0. The Morgan fingerprint density at radius 2 is 1.95 bits per heavy atom. The fourth-order valence-electron chi connectivity index (χ4n) is 2.06. The van der Waals surface area contributed by atoms with E-state index in [-0.39, 0.29) is 30.5 Å². The molecule has 0 saturated heterocycles. The van der Waals surface area contributed by atoms with E-state index in [0.717, 1.165) is 0 Å². The van der Waals surface area contributed by atoms with Gasteiger partial charge in [0, 0.05) is 18.2 Å². The van der Waals surface area contributed by atoms with Crippen LogP contribution in [0.2, 0.25) is 0 Å². The highest BCUT2D eigenvalue weighted by atomic mass is 19.1. The Morgan fingerprint density at radius 1 is 1.24 bits per heavy atom. The number of hydrogen-bond acceptors (Lipinski definition) is 5. The largest absolute Gasteiger partial charge is 0.454 e. The van der Waals surface area contributed by atoms with Crippen LogP contribution in [0.25, 0.3) is 0 Å². The molecule has 7 heteroatoms. The summed E-state index contributed by atoms with van der Waals surface area (Å²) in [7, 11) is 0. The highest BCUT2D eigenvalue weighted by Crippen LogP contribution is 2.40. The molecule has 1 heterocycles. The summed E-state index contributed by atoms with van der Waals surface area (Å²) in [5, 5.41) is 14.0. The number of anilines is 1. The van der Waals surface area contributed by atoms with Gasteiger partial charge >= 0.3 is 0 Å². The molecule has 0 spiro atoms. The molecular formula is C14H11FN2O4. The van der Waals surface area contributed by atoms with Crippen molar-refractivity contribution in [2.75, 3.05) is 12.1 Å². The highest BCUT2D eigenvalue weighted by Gasteiger charge is 2.23. The number of rotatable bonds is 4. The molecule has 0 radical (unpaired) electrons. The van der Waals surface area contributed by atoms with Gasteiger partial charge in [0.15, 0.2) is 11.5 Å². The van der Waals surface area contributed by atoms with Crippen molar-refractivity contribution in [2.45, 2.75) is 6.54 Å². The maximum atomic E-state index is 13.6. The van der Waals surface area contributed by atoms with Gasteiger partial charge in [0.1, 0.15) is 11.5 Å². The molecule has 6 nitrogen and oxygen atoms in total. The second kappa shape index (κ2) is 5.28. The summed E-state index contributed by atoms with van der Waals surface area (Å²) in [6, 6.07) is 9.02. The van der Waals surface area contributed by atoms with Gasteiger partial charge in [-0.15, -0.1) is 0 Å². The van der Waals surface area contributed by atoms with E-state index in [1.807, 2.05) is 0 Å². The van der Waals surface area contributed by atoms with Gasteiger partial charge in [0.2, 0.25) is 6.79 Å². The second-order valence-electron chi connectivity index (χ2n) is 4.42. The fourth-order valence-corrected chi connectivity index (χ4v) is 2.06. The molecule has 0 saturated carbocycles. The molecule has 2 aromatic rings. The van der Waals surface area contributed by atoms with Crippen LogP contribution in [0.1, 0.15) is 5.56 Å². The van der Waals surface area contributed by atoms with E-state index in [1.54, 1.807) is 18.2 Å². The minimum Gasteiger partial charge on any atom is -0.454 e. The summed E-state index contributed by atoms with van der Waals surface area (Å²) in [6.45, 7) is 0.163. The third-order valence-corrected chi connectivity index (χ3v) is 3.11. The molecule has 21 heavy (non-hydrogen) atoms. The zero-order valence-electron chi connectivity index (χ0n) is 10.8. The minimum absolute atomic E-state index is 0.0310. The molecule has 0 aromatic heterocycles. The highest BCUT2D eigenvalue weighted by molar-refractivity contribution is 5.69. The van der Waals surface area contributed by atoms with Gasteiger partial charge in [-0.2, -0.15) is 0 Å². The van der Waals surface area contributed by atoms with Crippen LogP contribution < -0.4 is 14.8 Å². The van der Waals surface area contributed by atoms with Crippen molar-refractivity contribution in [3.63, 3.8) is 0 Å². The van der Waals surface area contributed by atoms with Gasteiger partial charge in [-0.25, -0.2) is 4.39 Å². The predicted octanol–water partition coefficient (Wildman–Crippen LogP) is 3.07. The number of nitrogens with one attached hydrogen (secondary N) is 1. The molecular weight excluding hydrogens is 279 g/mol. The lowest BCUT2D eigenvalue weighted by molar-refractivity contribution is -0.384. The fraction of sp³-hybridized carbons (Fsp3) is 0.143. The first kappa shape index (κ1) is 13.2. The van der Waals surface area contributed by atoms with Gasteiger partial charge in [0.25, 0.3) is 5.69 Å². The van der Waals surface area contributed by atoms with Crippen molar-refractivity contribution in [2.24, 2.45) is 0 Å². The van der Waals surface area contributed by atoms with Crippen LogP contribution in [0.5, 0.6) is 11.5 Å². The lowest BCUT2D eigenvalue weighted by atomic mass is 10.2. The molecule has 108 valence electrons. The van der Waals surface area contributed by atoms with Crippen LogP contribution >= 0.6 is 0 Å². The molecule has 1 aliphatic heterocycles. The van der Waals surface area contributed by atoms with Gasteiger partial charge in [-0.3, -0.25) is 10.1 Å². The number of nitro benzene ring substituents is 1. The Labute approximate surface area is 119 Å². The molecule has 1 N–H and O–H groups in total. The number of hydrogen-bond donors (Lipinski definition) is 1. The predicted molar refractivity (Wildman–Crippen MR) is 72.9 cm³/mol. The van der Waals surface area contributed by atoms with Crippen molar-refractivity contribution >= 4 is 11.4 Å². The molecule has 1 aliphatic rings. The van der Waals surface area contributed by atoms with Crippen LogP contribution in [0.15, 0.2) is 36.4 Å². The molecule has 0 fully saturated rings. The van der Waals surface area contributed by atoms with Crippen molar-refractivity contribution in [1.82, 2.24) is 0 Å². The lowest BCUT2D eigenvalue weighted by Crippen LogP contribution is -2.04. The maximum absolute atomic E-state index is 13.6. The van der Waals surface area contributed by atoms with Gasteiger partial charge in [-0.05, 0) is 6.07 Å². The summed E-state index contributed by atoms with van der Waals surface area (Å²) < 4.78 is 23.9. The van der Waals surface area contributed by atoms with E-state index in [1.165, 1.54) is 18.2 Å². The Balaban J connectivity index is 1.88. The van der Waals surface area contributed by atoms with Crippen LogP contribution in [0, 0.1) is 15.9 Å². The average Bonchev–Trinajstić information content (AvgIpc) is 2.92. The van der Waals surface area contributed by atoms with Gasteiger partial charge < -0.3 is 14.8 Å². The molecule has 0 unspecified atom stereocenters. The number of benzene rings is 2. The first-order valence-corrected chi connectivity index (χ1v) is 6.20. The van der Waals surface area contributed by atoms with Crippen LogP contribution in [0.4, 0.5) is 15.8 Å². The summed E-state index contributed by atoms with van der Waals surface area (Å²) >= 11 is 0. The lowest BCUT2D eigenvalue weighted by Gasteiger charge is -2.09. The number of nitrogens with zero attached hydrogens (tertiary/aromatic N) is 1. The van der Waals surface area contributed by atoms with Gasteiger partial charge in [-0.1, -0.05) is 18.2 Å². The monoisotopic (exact) mass is 290 g/mol. The van der Waals surface area contributed by atoms with E-state index in [2.05, 4.69) is 5.32 Å². The third kappa shape index (κ3) is 2.58. The topological polar surface area (TPSA) is 73.6 Å². The van der Waals surface area contributed by atoms with Crippen molar-refractivity contribution in [3.8, 4) is 11.5 Å². The van der Waals surface area contributed by atoms with E-state index < -0.39 is 4.92 Å². The molecule has 0 amide bonds. The van der Waals surface area contributed by atoms with Crippen molar-refractivity contribution in [3.05, 3.63) is 57.9 Å². The van der Waals surface area contributed by atoms with E-state index >= 15 is 0 Å². The summed E-state index contributed by atoms with van der Waals surface area (Å²) in [5.74, 6) is 0.392. The molecule has 2 aromatic carbocycles.